The molecule has 4 N–H and O–H groups in total. The molecule has 0 aromatic carbocycles. The summed E-state index contributed by atoms with van der Waals surface area (Å²) in [5, 5.41) is 0. The zero-order valence-corrected chi connectivity index (χ0v) is 19.3. The van der Waals surface area contributed by atoms with Crippen molar-refractivity contribution in [3.05, 3.63) is 32.6 Å². The van der Waals surface area contributed by atoms with Gasteiger partial charge >= 0.3 is 20.9 Å². The lowest BCUT2D eigenvalue weighted by molar-refractivity contribution is -0.0811. The van der Waals surface area contributed by atoms with Gasteiger partial charge in [-0.1, -0.05) is 6.92 Å². The summed E-state index contributed by atoms with van der Waals surface area (Å²) >= 11 is 0. The summed E-state index contributed by atoms with van der Waals surface area (Å²) in [6, 6.07) is 0. The summed E-state index contributed by atoms with van der Waals surface area (Å²) in [5.74, 6) is -0.838. The van der Waals surface area contributed by atoms with Crippen molar-refractivity contribution < 1.29 is 42.5 Å². The summed E-state index contributed by atoms with van der Waals surface area (Å²) in [6.07, 6.45) is -4.03. The van der Waals surface area contributed by atoms with E-state index in [1.165, 1.54) is 27.2 Å². The maximum Gasteiger partial charge on any atom is 0.330 e. The van der Waals surface area contributed by atoms with E-state index in [9.17, 15) is 33.4 Å². The molecule has 0 radical (unpaired) electrons. The van der Waals surface area contributed by atoms with Gasteiger partial charge in [-0.2, -0.15) is 0 Å². The molecule has 13 nitrogen and oxygen atoms in total. The second-order valence-electron chi connectivity index (χ2n) is 7.50. The Labute approximate surface area is 178 Å². The van der Waals surface area contributed by atoms with Crippen molar-refractivity contribution in [2.45, 2.75) is 38.4 Å². The Morgan fingerprint density at radius 3 is 2.42 bits per heavy atom. The van der Waals surface area contributed by atoms with Crippen LogP contribution in [0.25, 0.3) is 0 Å². The fraction of sp³-hybridized carbons (Fsp3) is 0.750. The molecule has 1 fully saturated rings. The third-order valence-corrected chi connectivity index (χ3v) is 6.33. The molecule has 1 aromatic rings. The van der Waals surface area contributed by atoms with Gasteiger partial charge in [-0.05, 0) is 12.8 Å². The number of nitrogens with one attached hydrogen (secondary N) is 1. The molecule has 1 aliphatic heterocycles. The van der Waals surface area contributed by atoms with E-state index in [2.05, 4.69) is 4.98 Å². The Balaban J connectivity index is 2.52. The van der Waals surface area contributed by atoms with Gasteiger partial charge < -0.3 is 28.9 Å². The van der Waals surface area contributed by atoms with E-state index in [1.807, 2.05) is 0 Å². The lowest BCUT2D eigenvalue weighted by Gasteiger charge is -2.28. The van der Waals surface area contributed by atoms with Crippen molar-refractivity contribution in [1.82, 2.24) is 9.55 Å². The van der Waals surface area contributed by atoms with Gasteiger partial charge in [-0.3, -0.25) is 28.0 Å². The smallest absolute Gasteiger partial charge is 0.330 e. The number of aryl methyl sites for hydroxylation is 1. The van der Waals surface area contributed by atoms with Crippen molar-refractivity contribution in [3.63, 3.8) is 0 Å². The predicted molar refractivity (Wildman–Crippen MR) is 108 cm³/mol. The van der Waals surface area contributed by atoms with Crippen LogP contribution in [-0.4, -0.2) is 75.7 Å². The second kappa shape index (κ2) is 10.2. The largest absolute Gasteiger partial charge is 0.382 e. The van der Waals surface area contributed by atoms with Crippen molar-refractivity contribution in [2.75, 3.05) is 33.2 Å². The normalized spacial score (nSPS) is 27.2. The SMILES string of the molecule is COCCO[C@@H]1C(OP(C)(=O)O)[C@@H](C(C)CP(=O)(O)O)O[C@H]1n1cc(C)c(=O)[nH]c1=O. The monoisotopic (exact) mass is 486 g/mol. The van der Waals surface area contributed by atoms with Crippen LogP contribution in [0.2, 0.25) is 0 Å². The van der Waals surface area contributed by atoms with Crippen molar-refractivity contribution in [2.24, 2.45) is 5.92 Å². The van der Waals surface area contributed by atoms with E-state index in [0.29, 0.717) is 0 Å². The molecular formula is C16H28N2O11P2. The lowest BCUT2D eigenvalue weighted by Crippen LogP contribution is -2.41. The van der Waals surface area contributed by atoms with E-state index in [4.69, 9.17) is 18.7 Å². The Bertz CT molecular complexity index is 965. The molecule has 0 bridgehead atoms. The van der Waals surface area contributed by atoms with E-state index < -0.39 is 63.1 Å². The summed E-state index contributed by atoms with van der Waals surface area (Å²) in [4.78, 5) is 54.9. The number of H-pyrrole nitrogens is 1. The molecule has 0 saturated carbocycles. The third-order valence-electron chi connectivity index (χ3n) is 4.65. The van der Waals surface area contributed by atoms with Crippen LogP contribution in [0, 0.1) is 12.8 Å². The number of methoxy groups -OCH3 is 1. The first-order valence-corrected chi connectivity index (χ1v) is 13.2. The quantitative estimate of drug-likeness (QED) is 0.253. The Kier molecular flexibility index (Phi) is 8.59. The van der Waals surface area contributed by atoms with Gasteiger partial charge in [0.2, 0.25) is 0 Å². The molecule has 1 aromatic heterocycles. The van der Waals surface area contributed by atoms with Crippen LogP contribution in [0.5, 0.6) is 0 Å². The first-order valence-electron chi connectivity index (χ1n) is 9.35. The summed E-state index contributed by atoms with van der Waals surface area (Å²) in [5.41, 5.74) is -1.21. The maximum atomic E-state index is 12.4. The van der Waals surface area contributed by atoms with Gasteiger partial charge in [0.25, 0.3) is 5.56 Å². The van der Waals surface area contributed by atoms with Crippen molar-refractivity contribution in [1.29, 1.82) is 0 Å². The fourth-order valence-electron chi connectivity index (χ4n) is 3.39. The van der Waals surface area contributed by atoms with Crippen molar-refractivity contribution in [3.8, 4) is 0 Å². The molecule has 31 heavy (non-hydrogen) atoms. The molecule has 6 atom stereocenters. The zero-order chi connectivity index (χ0) is 23.6. The van der Waals surface area contributed by atoms with Crippen LogP contribution in [0.15, 0.2) is 15.8 Å². The Morgan fingerprint density at radius 2 is 1.87 bits per heavy atom. The number of hydrogen-bond acceptors (Lipinski definition) is 8. The van der Waals surface area contributed by atoms with Crippen LogP contribution in [0.1, 0.15) is 18.7 Å². The second-order valence-corrected chi connectivity index (χ2v) is 11.0. The van der Waals surface area contributed by atoms with Crippen LogP contribution in [-0.2, 0) is 27.9 Å². The number of hydrogen-bond donors (Lipinski definition) is 4. The molecule has 1 saturated heterocycles. The number of aromatic amines is 1. The summed E-state index contributed by atoms with van der Waals surface area (Å²) in [7, 11) is -7.12. The van der Waals surface area contributed by atoms with Crippen LogP contribution in [0.3, 0.4) is 0 Å². The first kappa shape index (κ1) is 26.1. The number of aromatic nitrogens is 2. The van der Waals surface area contributed by atoms with Gasteiger partial charge in [-0.15, -0.1) is 0 Å². The number of rotatable bonds is 10. The minimum absolute atomic E-state index is 0.0109. The Hall–Kier alpha value is -1.14. The maximum absolute atomic E-state index is 12.4. The van der Waals surface area contributed by atoms with Crippen LogP contribution < -0.4 is 11.2 Å². The van der Waals surface area contributed by atoms with Crippen LogP contribution >= 0.6 is 15.2 Å². The van der Waals surface area contributed by atoms with E-state index in [1.54, 1.807) is 0 Å². The average molecular weight is 486 g/mol. The lowest BCUT2D eigenvalue weighted by atomic mass is 10.00. The molecule has 1 aliphatic rings. The minimum Gasteiger partial charge on any atom is -0.382 e. The highest BCUT2D eigenvalue weighted by atomic mass is 31.2. The molecule has 3 unspecified atom stereocenters. The first-order chi connectivity index (χ1) is 14.2. The fourth-order valence-corrected chi connectivity index (χ4v) is 5.04. The molecule has 0 spiro atoms. The van der Waals surface area contributed by atoms with Gasteiger partial charge in [0, 0.05) is 25.5 Å². The Morgan fingerprint density at radius 1 is 1.23 bits per heavy atom. The molecule has 2 rings (SSSR count). The standard InChI is InChI=1S/C16H28N2O11P2/c1-9-7-18(16(20)17-14(9)19)15-13(27-6-5-26-3)12(29-30(4,21)22)11(28-15)10(2)8-31(23,24)25/h7,10-13,15H,5-6,8H2,1-4H3,(H,21,22)(H,17,19,20)(H2,23,24,25)/t10?,11-,12?,13-,15-/m1/s1. The van der Waals surface area contributed by atoms with E-state index >= 15 is 0 Å². The molecule has 0 aliphatic carbocycles. The third kappa shape index (κ3) is 7.18. The van der Waals surface area contributed by atoms with Gasteiger partial charge in [0.1, 0.15) is 12.2 Å². The molecule has 0 amide bonds. The zero-order valence-electron chi connectivity index (χ0n) is 17.5. The predicted octanol–water partition coefficient (Wildman–Crippen LogP) is -0.212. The molecule has 2 heterocycles. The van der Waals surface area contributed by atoms with E-state index in [-0.39, 0.29) is 18.8 Å². The summed E-state index contributed by atoms with van der Waals surface area (Å²) < 4.78 is 46.5. The van der Waals surface area contributed by atoms with Crippen molar-refractivity contribution >= 4 is 15.2 Å². The van der Waals surface area contributed by atoms with Gasteiger partial charge in [-0.25, -0.2) is 4.79 Å². The van der Waals surface area contributed by atoms with Gasteiger partial charge in [0.05, 0.1) is 25.5 Å². The minimum atomic E-state index is -4.46. The van der Waals surface area contributed by atoms with E-state index in [0.717, 1.165) is 11.2 Å². The number of ether oxygens (including phenoxy) is 3. The highest BCUT2D eigenvalue weighted by molar-refractivity contribution is 7.52. The molecule has 15 heteroatoms. The average Bonchev–Trinajstić information content (AvgIpc) is 2.93. The van der Waals surface area contributed by atoms with Gasteiger partial charge in [0.15, 0.2) is 6.23 Å². The molecular weight excluding hydrogens is 458 g/mol. The highest BCUT2D eigenvalue weighted by Crippen LogP contribution is 2.48. The number of nitrogens with zero attached hydrogens (tertiary/aromatic N) is 1. The topological polar surface area (TPSA) is 187 Å². The highest BCUT2D eigenvalue weighted by Gasteiger charge is 2.52. The summed E-state index contributed by atoms with van der Waals surface area (Å²) in [6.45, 7) is 4.07. The molecule has 178 valence electrons. The van der Waals surface area contributed by atoms with Crippen LogP contribution in [0.4, 0.5) is 0 Å².